The van der Waals surface area contributed by atoms with Crippen molar-refractivity contribution in [1.82, 2.24) is 9.88 Å². The third-order valence-electron chi connectivity index (χ3n) is 3.63. The van der Waals surface area contributed by atoms with Crippen molar-refractivity contribution < 1.29 is 12.9 Å². The lowest BCUT2D eigenvalue weighted by molar-refractivity contribution is 0.427. The van der Waals surface area contributed by atoms with Crippen LogP contribution >= 0.6 is 11.3 Å². The number of aromatic nitrogens is 1. The van der Waals surface area contributed by atoms with E-state index in [1.165, 1.54) is 0 Å². The van der Waals surface area contributed by atoms with Crippen molar-refractivity contribution in [3.63, 3.8) is 0 Å². The fraction of sp³-hybridized carbons (Fsp3) is 0.235. The molecule has 0 saturated carbocycles. The molecule has 0 atom stereocenters. The molecule has 3 aromatic rings. The number of nitrogens with one attached hydrogen (secondary N) is 1. The quantitative estimate of drug-likeness (QED) is 0.728. The summed E-state index contributed by atoms with van der Waals surface area (Å²) in [5.41, 5.74) is 2.14. The van der Waals surface area contributed by atoms with Crippen LogP contribution in [-0.4, -0.2) is 20.1 Å². The van der Waals surface area contributed by atoms with Gasteiger partial charge in [0.1, 0.15) is 0 Å². The van der Waals surface area contributed by atoms with Crippen molar-refractivity contribution in [3.8, 4) is 11.3 Å². The first-order valence-corrected chi connectivity index (χ1v) is 9.88. The van der Waals surface area contributed by atoms with Gasteiger partial charge in [0.2, 0.25) is 10.0 Å². The molecule has 5 nitrogen and oxygen atoms in total. The SMILES string of the molecule is Cc1cc(-c2ccc(C)c(S(=O)(=O)NCCc3cccs3)c2)on1. The number of thiophene rings is 1. The minimum absolute atomic E-state index is 0.264. The minimum atomic E-state index is -3.58. The first-order chi connectivity index (χ1) is 11.5. The van der Waals surface area contributed by atoms with Gasteiger partial charge in [-0.25, -0.2) is 13.1 Å². The Morgan fingerprint density at radius 2 is 2.04 bits per heavy atom. The molecule has 0 aliphatic carbocycles. The third-order valence-corrected chi connectivity index (χ3v) is 6.17. The third kappa shape index (κ3) is 3.75. The van der Waals surface area contributed by atoms with Crippen molar-refractivity contribution in [3.05, 3.63) is 57.9 Å². The first-order valence-electron chi connectivity index (χ1n) is 7.52. The van der Waals surface area contributed by atoms with Crippen LogP contribution in [0.15, 0.2) is 51.2 Å². The lowest BCUT2D eigenvalue weighted by Gasteiger charge is -2.10. The molecule has 0 fully saturated rings. The van der Waals surface area contributed by atoms with Crippen molar-refractivity contribution in [2.45, 2.75) is 25.2 Å². The molecular weight excluding hydrogens is 344 g/mol. The van der Waals surface area contributed by atoms with Crippen LogP contribution in [0.1, 0.15) is 16.1 Å². The Hall–Kier alpha value is -1.96. The monoisotopic (exact) mass is 362 g/mol. The highest BCUT2D eigenvalue weighted by Crippen LogP contribution is 2.25. The number of sulfonamides is 1. The van der Waals surface area contributed by atoms with Gasteiger partial charge in [0.05, 0.1) is 10.6 Å². The summed E-state index contributed by atoms with van der Waals surface area (Å²) in [6, 6.07) is 11.0. The second-order valence-corrected chi connectivity index (χ2v) is 8.31. The van der Waals surface area contributed by atoms with Crippen LogP contribution in [0.2, 0.25) is 0 Å². The standard InChI is InChI=1S/C17H18N2O3S2/c1-12-5-6-14(16-10-13(2)19-22-16)11-17(12)24(20,21)18-8-7-15-4-3-9-23-15/h3-6,9-11,18H,7-8H2,1-2H3. The van der Waals surface area contributed by atoms with Crippen molar-refractivity contribution in [1.29, 1.82) is 0 Å². The Morgan fingerprint density at radius 3 is 2.71 bits per heavy atom. The Balaban J connectivity index is 1.81. The molecule has 2 aromatic heterocycles. The summed E-state index contributed by atoms with van der Waals surface area (Å²) >= 11 is 1.62. The van der Waals surface area contributed by atoms with E-state index in [1.807, 2.05) is 30.5 Å². The number of benzene rings is 1. The van der Waals surface area contributed by atoms with Gasteiger partial charge in [-0.1, -0.05) is 23.4 Å². The number of nitrogens with zero attached hydrogens (tertiary/aromatic N) is 1. The van der Waals surface area contributed by atoms with Crippen LogP contribution in [0.25, 0.3) is 11.3 Å². The highest BCUT2D eigenvalue weighted by atomic mass is 32.2. The van der Waals surface area contributed by atoms with Crippen LogP contribution in [0, 0.1) is 13.8 Å². The van der Waals surface area contributed by atoms with Crippen LogP contribution in [0.5, 0.6) is 0 Å². The van der Waals surface area contributed by atoms with E-state index in [1.54, 1.807) is 36.5 Å². The van der Waals surface area contributed by atoms with E-state index < -0.39 is 10.0 Å². The van der Waals surface area contributed by atoms with Gasteiger partial charge in [-0.05, 0) is 43.3 Å². The molecule has 126 valence electrons. The smallest absolute Gasteiger partial charge is 0.240 e. The summed E-state index contributed by atoms with van der Waals surface area (Å²) in [6.07, 6.45) is 0.678. The Morgan fingerprint density at radius 1 is 1.21 bits per heavy atom. The largest absolute Gasteiger partial charge is 0.356 e. The maximum atomic E-state index is 12.6. The topological polar surface area (TPSA) is 72.2 Å². The molecule has 1 aromatic carbocycles. The molecule has 0 amide bonds. The molecule has 0 aliphatic heterocycles. The molecule has 1 N–H and O–H groups in total. The molecule has 0 aliphatic rings. The molecule has 3 rings (SSSR count). The van der Waals surface area contributed by atoms with Gasteiger partial charge >= 0.3 is 0 Å². The molecule has 0 saturated heterocycles. The summed E-state index contributed by atoms with van der Waals surface area (Å²) in [5.74, 6) is 0.558. The Labute approximate surface area is 145 Å². The fourth-order valence-corrected chi connectivity index (χ4v) is 4.39. The van der Waals surface area contributed by atoms with Crippen LogP contribution in [-0.2, 0) is 16.4 Å². The summed E-state index contributed by atoms with van der Waals surface area (Å²) in [4.78, 5) is 1.42. The predicted octanol–water partition coefficient (Wildman–Crippen LogP) is 3.54. The highest BCUT2D eigenvalue weighted by Gasteiger charge is 2.18. The zero-order valence-corrected chi connectivity index (χ0v) is 15.1. The zero-order valence-electron chi connectivity index (χ0n) is 13.4. The number of aryl methyl sites for hydroxylation is 2. The summed E-state index contributed by atoms with van der Waals surface area (Å²) in [5, 5.41) is 5.83. The first kappa shape index (κ1) is 16.9. The van der Waals surface area contributed by atoms with Gasteiger partial charge in [-0.2, -0.15) is 0 Å². The average Bonchev–Trinajstić information content (AvgIpc) is 3.19. The second-order valence-electron chi connectivity index (χ2n) is 5.54. The van der Waals surface area contributed by atoms with Crippen LogP contribution in [0.4, 0.5) is 0 Å². The average molecular weight is 362 g/mol. The lowest BCUT2D eigenvalue weighted by atomic mass is 10.1. The van der Waals surface area contributed by atoms with Crippen molar-refractivity contribution in [2.24, 2.45) is 0 Å². The molecule has 0 unspecified atom stereocenters. The maximum Gasteiger partial charge on any atom is 0.240 e. The molecule has 24 heavy (non-hydrogen) atoms. The van der Waals surface area contributed by atoms with Gasteiger partial charge < -0.3 is 4.52 Å². The van der Waals surface area contributed by atoms with E-state index in [0.717, 1.165) is 10.6 Å². The van der Waals surface area contributed by atoms with Gasteiger partial charge in [-0.15, -0.1) is 11.3 Å². The molecular formula is C17H18N2O3S2. The normalized spacial score (nSPS) is 11.8. The number of hydrogen-bond donors (Lipinski definition) is 1. The van der Waals surface area contributed by atoms with Crippen molar-refractivity contribution >= 4 is 21.4 Å². The maximum absolute atomic E-state index is 12.6. The number of hydrogen-bond acceptors (Lipinski definition) is 5. The van der Waals surface area contributed by atoms with Gasteiger partial charge in [0.25, 0.3) is 0 Å². The van der Waals surface area contributed by atoms with E-state index in [4.69, 9.17) is 4.52 Å². The van der Waals surface area contributed by atoms with E-state index in [9.17, 15) is 8.42 Å². The zero-order chi connectivity index (χ0) is 17.2. The molecule has 7 heteroatoms. The lowest BCUT2D eigenvalue weighted by Crippen LogP contribution is -2.26. The van der Waals surface area contributed by atoms with Crippen molar-refractivity contribution in [2.75, 3.05) is 6.54 Å². The van der Waals surface area contributed by atoms with Gasteiger partial charge in [0, 0.05) is 23.1 Å². The molecule has 0 bridgehead atoms. The fourth-order valence-electron chi connectivity index (χ4n) is 2.38. The van der Waals surface area contributed by atoms with Gasteiger partial charge in [-0.3, -0.25) is 0 Å². The predicted molar refractivity (Wildman–Crippen MR) is 94.6 cm³/mol. The summed E-state index contributed by atoms with van der Waals surface area (Å²) in [7, 11) is -3.58. The van der Waals surface area contributed by atoms with Crippen LogP contribution in [0.3, 0.4) is 0 Å². The number of rotatable bonds is 6. The van der Waals surface area contributed by atoms with E-state index in [0.29, 0.717) is 29.9 Å². The molecule has 0 spiro atoms. The summed E-state index contributed by atoms with van der Waals surface area (Å²) < 4.78 is 33.1. The van der Waals surface area contributed by atoms with E-state index in [2.05, 4.69) is 9.88 Å². The molecule has 2 heterocycles. The van der Waals surface area contributed by atoms with E-state index in [-0.39, 0.29) is 4.90 Å². The minimum Gasteiger partial charge on any atom is -0.356 e. The Kier molecular flexibility index (Phi) is 4.84. The highest BCUT2D eigenvalue weighted by molar-refractivity contribution is 7.89. The van der Waals surface area contributed by atoms with Gasteiger partial charge in [0.15, 0.2) is 5.76 Å². The van der Waals surface area contributed by atoms with Crippen LogP contribution < -0.4 is 4.72 Å². The second kappa shape index (κ2) is 6.88. The Bertz CT molecular complexity index is 929. The van der Waals surface area contributed by atoms with E-state index >= 15 is 0 Å². The molecule has 0 radical (unpaired) electrons. The summed E-state index contributed by atoms with van der Waals surface area (Å²) in [6.45, 7) is 3.97.